The third-order valence-corrected chi connectivity index (χ3v) is 2.37. The quantitative estimate of drug-likeness (QED) is 0.414. The van der Waals surface area contributed by atoms with E-state index in [4.69, 9.17) is 0 Å². The summed E-state index contributed by atoms with van der Waals surface area (Å²) in [4.78, 5) is -1.79. The molecule has 0 aliphatic rings. The van der Waals surface area contributed by atoms with E-state index in [9.17, 15) is 8.96 Å². The van der Waals surface area contributed by atoms with Crippen LogP contribution in [0.5, 0.6) is 0 Å². The second-order valence-electron chi connectivity index (χ2n) is 4.46. The fraction of sp³-hybridized carbons (Fsp3) is 1.00. The van der Waals surface area contributed by atoms with Gasteiger partial charge in [0.15, 0.2) is 13.1 Å². The van der Waals surface area contributed by atoms with E-state index in [1.807, 2.05) is 13.8 Å². The Hall–Kier alpha value is -0.180. The third kappa shape index (κ3) is 8.42. The van der Waals surface area contributed by atoms with E-state index >= 15 is 0 Å². The maximum absolute atomic E-state index is 13.1. The van der Waals surface area contributed by atoms with Crippen LogP contribution in [0, 0.1) is 5.92 Å². The molecule has 0 saturated heterocycles. The van der Waals surface area contributed by atoms with Crippen LogP contribution in [-0.4, -0.2) is 18.0 Å². The largest absolute Gasteiger partial charge is 0.155 e. The number of hydrogen-bond acceptors (Lipinski definition) is 0. The van der Waals surface area contributed by atoms with Gasteiger partial charge in [-0.2, -0.15) is 0 Å². The van der Waals surface area contributed by atoms with Gasteiger partial charge in [0.2, 0.25) is 0 Å². The molecule has 0 saturated carbocycles. The molecule has 0 atom stereocenters. The molecule has 0 rings (SSSR count). The van der Waals surface area contributed by atoms with Gasteiger partial charge in [-0.15, -0.1) is 0 Å². The van der Waals surface area contributed by atoms with Crippen molar-refractivity contribution < 1.29 is 13.9 Å². The Morgan fingerprint density at radius 3 is 2.14 bits per heavy atom. The van der Waals surface area contributed by atoms with E-state index in [1.165, 1.54) is 0 Å². The van der Waals surface area contributed by atoms with Crippen LogP contribution in [0.15, 0.2) is 0 Å². The highest BCUT2D eigenvalue weighted by Crippen LogP contribution is 2.16. The molecule has 0 aromatic heterocycles. The van der Waals surface area contributed by atoms with E-state index in [-0.39, 0.29) is 13.1 Å². The van der Waals surface area contributed by atoms with Crippen molar-refractivity contribution in [3.63, 3.8) is 0 Å². The normalized spacial score (nSPS) is 12.4. The summed E-state index contributed by atoms with van der Waals surface area (Å²) in [5.41, 5.74) is 0. The molecule has 0 bridgehead atoms. The molecule has 1 nitrogen and oxygen atoms in total. The maximum atomic E-state index is 13.1. The predicted molar refractivity (Wildman–Crippen MR) is 55.8 cm³/mol. The molecule has 3 heteroatoms. The Labute approximate surface area is 86.6 Å². The summed E-state index contributed by atoms with van der Waals surface area (Å²) in [6.45, 7) is 6.08. The smallest absolute Gasteiger partial charge is 0.0654 e. The van der Waals surface area contributed by atoms with E-state index in [1.54, 1.807) is 0 Å². The monoisotopic (exact) mass is 208 g/mol. The fourth-order valence-electron chi connectivity index (χ4n) is 1.33. The van der Waals surface area contributed by atoms with E-state index in [0.29, 0.717) is 18.8 Å². The number of rotatable bonds is 8. The van der Waals surface area contributed by atoms with E-state index < -0.39 is 4.93 Å². The van der Waals surface area contributed by atoms with Crippen LogP contribution in [0.2, 0.25) is 0 Å². The Kier molecular flexibility index (Phi) is 7.06. The van der Waals surface area contributed by atoms with Gasteiger partial charge in [0.25, 0.3) is 0 Å². The van der Waals surface area contributed by atoms with Crippen LogP contribution in [0.1, 0.15) is 52.9 Å². The highest BCUT2D eigenvalue weighted by molar-refractivity contribution is 4.43. The van der Waals surface area contributed by atoms with Gasteiger partial charge in [0.1, 0.15) is 0 Å². The summed E-state index contributed by atoms with van der Waals surface area (Å²) < 4.78 is 26.3. The van der Waals surface area contributed by atoms with Crippen molar-refractivity contribution >= 4 is 0 Å². The summed E-state index contributed by atoms with van der Waals surface area (Å²) >= 11 is 0. The molecule has 0 aliphatic carbocycles. The molecular formula is C11H24F2N+. The first kappa shape index (κ1) is 13.8. The minimum absolute atomic E-state index is 0.00376. The van der Waals surface area contributed by atoms with Crippen LogP contribution in [-0.2, 0) is 0 Å². The van der Waals surface area contributed by atoms with Crippen molar-refractivity contribution in [2.24, 2.45) is 5.92 Å². The van der Waals surface area contributed by atoms with Crippen LogP contribution in [0.4, 0.5) is 8.96 Å². The first-order chi connectivity index (χ1) is 6.48. The van der Waals surface area contributed by atoms with Gasteiger partial charge in [0, 0.05) is 21.8 Å². The predicted octanol–water partition coefficient (Wildman–Crippen LogP) is 4.20. The highest BCUT2D eigenvalue weighted by Gasteiger charge is 2.28. The minimum atomic E-state index is -1.79. The summed E-state index contributed by atoms with van der Waals surface area (Å²) in [6, 6.07) is 0. The van der Waals surface area contributed by atoms with Crippen molar-refractivity contribution in [3.8, 4) is 0 Å². The first-order valence-corrected chi connectivity index (χ1v) is 5.74. The zero-order valence-corrected chi connectivity index (χ0v) is 9.73. The van der Waals surface area contributed by atoms with Gasteiger partial charge in [-0.3, -0.25) is 0 Å². The van der Waals surface area contributed by atoms with Crippen molar-refractivity contribution in [2.45, 2.75) is 52.9 Å². The van der Waals surface area contributed by atoms with Crippen LogP contribution in [0.25, 0.3) is 0 Å². The van der Waals surface area contributed by atoms with E-state index in [2.05, 4.69) is 6.92 Å². The molecule has 0 aromatic carbocycles. The third-order valence-electron chi connectivity index (χ3n) is 2.37. The zero-order chi connectivity index (χ0) is 11.0. The second-order valence-corrected chi connectivity index (χ2v) is 4.46. The number of hydrogen-bond donors (Lipinski definition) is 0. The molecule has 86 valence electrons. The van der Waals surface area contributed by atoms with Crippen molar-refractivity contribution in [3.05, 3.63) is 0 Å². The first-order valence-electron chi connectivity index (χ1n) is 5.74. The van der Waals surface area contributed by atoms with Gasteiger partial charge in [0.05, 0.1) is 4.93 Å². The number of quaternary nitrogens is 1. The standard InChI is InChI=1S/C11H24F2N/c1-4-5-6-7-9-14(12,13)10-8-11(2)3/h11H,4-10H2,1-3H3/q+1. The molecule has 0 radical (unpaired) electrons. The molecule has 0 aliphatic heterocycles. The lowest BCUT2D eigenvalue weighted by Crippen LogP contribution is -2.32. The van der Waals surface area contributed by atoms with Crippen molar-refractivity contribution in [1.82, 2.24) is 0 Å². The van der Waals surface area contributed by atoms with Crippen LogP contribution >= 0.6 is 0 Å². The fourth-order valence-corrected chi connectivity index (χ4v) is 1.33. The number of halogens is 2. The molecule has 0 fully saturated rings. The molecule has 0 aromatic rings. The van der Waals surface area contributed by atoms with E-state index in [0.717, 1.165) is 19.3 Å². The Morgan fingerprint density at radius 1 is 1.00 bits per heavy atom. The second kappa shape index (κ2) is 7.16. The Morgan fingerprint density at radius 2 is 1.64 bits per heavy atom. The average Bonchev–Trinajstić information content (AvgIpc) is 2.10. The summed E-state index contributed by atoms with van der Waals surface area (Å²) in [5.74, 6) is 0.370. The highest BCUT2D eigenvalue weighted by atomic mass is 19.4. The Balaban J connectivity index is 3.50. The molecule has 0 N–H and O–H groups in total. The minimum Gasteiger partial charge on any atom is -0.0654 e. The maximum Gasteiger partial charge on any atom is 0.155 e. The lowest BCUT2D eigenvalue weighted by Gasteiger charge is -2.14. The summed E-state index contributed by atoms with van der Waals surface area (Å²) in [7, 11) is 0. The SMILES string of the molecule is CCCCCC[N+](F)(F)CCC(C)C. The number of unbranched alkanes of at least 4 members (excludes halogenated alkanes) is 3. The van der Waals surface area contributed by atoms with Gasteiger partial charge in [-0.25, -0.2) is 0 Å². The molecule has 0 heterocycles. The Bertz CT molecular complexity index is 135. The number of nitrogens with zero attached hydrogens (tertiary/aromatic N) is 1. The summed E-state index contributed by atoms with van der Waals surface area (Å²) in [5, 5.41) is 0. The zero-order valence-electron chi connectivity index (χ0n) is 9.73. The van der Waals surface area contributed by atoms with Gasteiger partial charge >= 0.3 is 0 Å². The van der Waals surface area contributed by atoms with Gasteiger partial charge in [-0.05, 0) is 12.3 Å². The molecular weight excluding hydrogens is 184 g/mol. The van der Waals surface area contributed by atoms with Crippen molar-refractivity contribution in [1.29, 1.82) is 0 Å². The van der Waals surface area contributed by atoms with Gasteiger partial charge < -0.3 is 0 Å². The molecule has 0 spiro atoms. The average molecular weight is 208 g/mol. The van der Waals surface area contributed by atoms with Crippen molar-refractivity contribution in [2.75, 3.05) is 13.1 Å². The molecule has 0 amide bonds. The summed E-state index contributed by atoms with van der Waals surface area (Å²) in [6.07, 6.45) is 4.38. The topological polar surface area (TPSA) is 0 Å². The molecule has 0 unspecified atom stereocenters. The lowest BCUT2D eigenvalue weighted by molar-refractivity contribution is -1.17. The molecule has 14 heavy (non-hydrogen) atoms. The van der Waals surface area contributed by atoms with Crippen LogP contribution in [0.3, 0.4) is 0 Å². The van der Waals surface area contributed by atoms with Gasteiger partial charge in [-0.1, -0.05) is 33.6 Å². The van der Waals surface area contributed by atoms with Crippen LogP contribution < -0.4 is 0 Å². The lowest BCUT2D eigenvalue weighted by atomic mass is 10.1.